The molecular formula is C10H10N4OS. The highest BCUT2D eigenvalue weighted by Gasteiger charge is 2.10. The van der Waals surface area contributed by atoms with Crippen LogP contribution < -0.4 is 5.32 Å². The first kappa shape index (κ1) is 10.7. The number of rotatable bonds is 3. The molecule has 1 N–H and O–H groups in total. The molecule has 0 spiro atoms. The molecule has 2 rings (SSSR count). The fraction of sp³-hybridized carbons (Fsp3) is 0.200. The lowest BCUT2D eigenvalue weighted by molar-refractivity contribution is 0.0950. The zero-order chi connectivity index (χ0) is 11.4. The quantitative estimate of drug-likeness (QED) is 0.865. The Morgan fingerprint density at radius 3 is 3.00 bits per heavy atom. The molecule has 1 amide bonds. The van der Waals surface area contributed by atoms with Crippen molar-refractivity contribution < 1.29 is 4.79 Å². The summed E-state index contributed by atoms with van der Waals surface area (Å²) in [7, 11) is 0. The van der Waals surface area contributed by atoms with E-state index >= 15 is 0 Å². The smallest absolute Gasteiger partial charge is 0.282 e. The lowest BCUT2D eigenvalue weighted by Crippen LogP contribution is -2.23. The Balaban J connectivity index is 1.94. The maximum Gasteiger partial charge on any atom is 0.282 e. The van der Waals surface area contributed by atoms with E-state index in [1.807, 2.05) is 18.2 Å². The van der Waals surface area contributed by atoms with E-state index in [-0.39, 0.29) is 5.91 Å². The zero-order valence-corrected chi connectivity index (χ0v) is 9.49. The highest BCUT2D eigenvalue weighted by molar-refractivity contribution is 7.07. The van der Waals surface area contributed by atoms with Crippen LogP contribution in [0, 0.1) is 6.92 Å². The van der Waals surface area contributed by atoms with Gasteiger partial charge in [-0.3, -0.25) is 9.78 Å². The van der Waals surface area contributed by atoms with Gasteiger partial charge in [-0.25, -0.2) is 4.98 Å². The van der Waals surface area contributed by atoms with Gasteiger partial charge in [0.2, 0.25) is 5.01 Å². The molecule has 2 aromatic rings. The van der Waals surface area contributed by atoms with Crippen LogP contribution in [0.15, 0.2) is 24.4 Å². The van der Waals surface area contributed by atoms with Gasteiger partial charge in [-0.05, 0) is 30.6 Å². The van der Waals surface area contributed by atoms with Crippen LogP contribution in [-0.4, -0.2) is 20.2 Å². The van der Waals surface area contributed by atoms with Crippen LogP contribution in [0.4, 0.5) is 0 Å². The standard InChI is InChI=1S/C10H10N4OS/c1-7-13-10(16-14-7)9(15)12-6-8-4-2-3-5-11-8/h2-5H,6H2,1H3,(H,12,15). The van der Waals surface area contributed by atoms with Gasteiger partial charge in [0.05, 0.1) is 12.2 Å². The van der Waals surface area contributed by atoms with E-state index in [0.29, 0.717) is 17.4 Å². The molecule has 5 nitrogen and oxygen atoms in total. The number of nitrogens with one attached hydrogen (secondary N) is 1. The molecule has 0 saturated heterocycles. The normalized spacial score (nSPS) is 10.1. The molecule has 2 heterocycles. The van der Waals surface area contributed by atoms with Crippen LogP contribution >= 0.6 is 11.5 Å². The van der Waals surface area contributed by atoms with Crippen LogP contribution in [0.3, 0.4) is 0 Å². The Morgan fingerprint density at radius 2 is 2.38 bits per heavy atom. The first-order chi connectivity index (χ1) is 7.75. The van der Waals surface area contributed by atoms with Gasteiger partial charge in [-0.15, -0.1) is 0 Å². The van der Waals surface area contributed by atoms with Crippen molar-refractivity contribution in [2.24, 2.45) is 0 Å². The molecule has 6 heteroatoms. The lowest BCUT2D eigenvalue weighted by Gasteiger charge is -2.01. The number of amides is 1. The van der Waals surface area contributed by atoms with Crippen molar-refractivity contribution in [1.29, 1.82) is 0 Å². The van der Waals surface area contributed by atoms with Crippen molar-refractivity contribution in [3.63, 3.8) is 0 Å². The third kappa shape index (κ3) is 2.60. The van der Waals surface area contributed by atoms with Crippen molar-refractivity contribution in [3.05, 3.63) is 40.9 Å². The van der Waals surface area contributed by atoms with Crippen LogP contribution in [-0.2, 0) is 6.54 Å². The van der Waals surface area contributed by atoms with Gasteiger partial charge < -0.3 is 5.32 Å². The Bertz CT molecular complexity index is 483. The number of nitrogens with zero attached hydrogens (tertiary/aromatic N) is 3. The number of hydrogen-bond acceptors (Lipinski definition) is 5. The predicted octanol–water partition coefficient (Wildman–Crippen LogP) is 1.17. The van der Waals surface area contributed by atoms with Gasteiger partial charge in [0.1, 0.15) is 5.82 Å². The van der Waals surface area contributed by atoms with E-state index in [2.05, 4.69) is 19.7 Å². The molecule has 0 atom stereocenters. The number of aromatic nitrogens is 3. The molecule has 2 aromatic heterocycles. The van der Waals surface area contributed by atoms with Crippen molar-refractivity contribution in [2.75, 3.05) is 0 Å². The van der Waals surface area contributed by atoms with Gasteiger partial charge in [-0.1, -0.05) is 6.07 Å². The van der Waals surface area contributed by atoms with Gasteiger partial charge in [0, 0.05) is 6.20 Å². The van der Waals surface area contributed by atoms with Crippen LogP contribution in [0.1, 0.15) is 21.3 Å². The number of carbonyl (C=O) groups excluding carboxylic acids is 1. The van der Waals surface area contributed by atoms with E-state index in [1.165, 1.54) is 0 Å². The molecule has 0 saturated carbocycles. The average molecular weight is 234 g/mol. The first-order valence-corrected chi connectivity index (χ1v) is 5.51. The molecule has 0 unspecified atom stereocenters. The summed E-state index contributed by atoms with van der Waals surface area (Å²) in [6.45, 7) is 2.16. The molecule has 0 radical (unpaired) electrons. The highest BCUT2D eigenvalue weighted by Crippen LogP contribution is 2.03. The van der Waals surface area contributed by atoms with E-state index in [4.69, 9.17) is 0 Å². The Morgan fingerprint density at radius 1 is 1.50 bits per heavy atom. The van der Waals surface area contributed by atoms with Gasteiger partial charge in [0.25, 0.3) is 5.91 Å². The van der Waals surface area contributed by atoms with E-state index in [0.717, 1.165) is 17.2 Å². The molecule has 0 aliphatic rings. The largest absolute Gasteiger partial charge is 0.344 e. The molecule has 16 heavy (non-hydrogen) atoms. The van der Waals surface area contributed by atoms with E-state index in [1.54, 1.807) is 13.1 Å². The van der Waals surface area contributed by atoms with Crippen molar-refractivity contribution in [1.82, 2.24) is 19.7 Å². The average Bonchev–Trinajstić information content (AvgIpc) is 2.74. The first-order valence-electron chi connectivity index (χ1n) is 4.74. The molecule has 0 aliphatic heterocycles. The Hall–Kier alpha value is -1.82. The monoisotopic (exact) mass is 234 g/mol. The number of carbonyl (C=O) groups is 1. The summed E-state index contributed by atoms with van der Waals surface area (Å²) in [6, 6.07) is 5.56. The summed E-state index contributed by atoms with van der Waals surface area (Å²) < 4.78 is 3.95. The summed E-state index contributed by atoms with van der Waals surface area (Å²) >= 11 is 1.10. The van der Waals surface area contributed by atoms with Crippen LogP contribution in [0.5, 0.6) is 0 Å². The molecular weight excluding hydrogens is 224 g/mol. The minimum atomic E-state index is -0.212. The van der Waals surface area contributed by atoms with E-state index < -0.39 is 0 Å². The molecule has 0 aromatic carbocycles. The molecule has 0 aliphatic carbocycles. The summed E-state index contributed by atoms with van der Waals surface area (Å²) in [4.78, 5) is 19.7. The second-order valence-corrected chi connectivity index (χ2v) is 3.90. The van der Waals surface area contributed by atoms with Crippen molar-refractivity contribution in [2.45, 2.75) is 13.5 Å². The Kier molecular flexibility index (Phi) is 3.21. The summed E-state index contributed by atoms with van der Waals surface area (Å²) in [6.07, 6.45) is 1.69. The van der Waals surface area contributed by atoms with Gasteiger partial charge in [-0.2, -0.15) is 4.37 Å². The maximum atomic E-state index is 11.6. The molecule has 82 valence electrons. The molecule has 0 fully saturated rings. The lowest BCUT2D eigenvalue weighted by atomic mass is 10.3. The maximum absolute atomic E-state index is 11.6. The minimum Gasteiger partial charge on any atom is -0.344 e. The van der Waals surface area contributed by atoms with Crippen LogP contribution in [0.25, 0.3) is 0 Å². The third-order valence-corrected chi connectivity index (χ3v) is 2.68. The topological polar surface area (TPSA) is 67.8 Å². The SMILES string of the molecule is Cc1nsc(C(=O)NCc2ccccn2)n1. The number of hydrogen-bond donors (Lipinski definition) is 1. The highest BCUT2D eigenvalue weighted by atomic mass is 32.1. The second-order valence-electron chi connectivity index (χ2n) is 3.15. The molecule has 0 bridgehead atoms. The fourth-order valence-electron chi connectivity index (χ4n) is 1.14. The summed E-state index contributed by atoms with van der Waals surface area (Å²) in [5, 5.41) is 3.12. The fourth-order valence-corrected chi connectivity index (χ4v) is 1.73. The third-order valence-electron chi connectivity index (χ3n) is 1.88. The zero-order valence-electron chi connectivity index (χ0n) is 8.67. The second kappa shape index (κ2) is 4.80. The number of pyridine rings is 1. The van der Waals surface area contributed by atoms with Gasteiger partial charge >= 0.3 is 0 Å². The number of aryl methyl sites for hydroxylation is 1. The van der Waals surface area contributed by atoms with Crippen molar-refractivity contribution in [3.8, 4) is 0 Å². The summed E-state index contributed by atoms with van der Waals surface area (Å²) in [5.74, 6) is 0.407. The van der Waals surface area contributed by atoms with Crippen LogP contribution in [0.2, 0.25) is 0 Å². The predicted molar refractivity (Wildman–Crippen MR) is 60.1 cm³/mol. The van der Waals surface area contributed by atoms with Crippen molar-refractivity contribution >= 4 is 17.4 Å². The summed E-state index contributed by atoms with van der Waals surface area (Å²) in [5.41, 5.74) is 0.817. The van der Waals surface area contributed by atoms with E-state index in [9.17, 15) is 4.79 Å². The Labute approximate surface area is 96.7 Å². The van der Waals surface area contributed by atoms with Gasteiger partial charge in [0.15, 0.2) is 0 Å². The minimum absolute atomic E-state index is 0.212.